The van der Waals surface area contributed by atoms with Crippen LogP contribution in [0.4, 0.5) is 26.9 Å². The van der Waals surface area contributed by atoms with Crippen molar-refractivity contribution in [2.24, 2.45) is 0 Å². The van der Waals surface area contributed by atoms with Crippen LogP contribution < -0.4 is 31.1 Å². The molecular weight excluding hydrogens is 1150 g/mol. The summed E-state index contributed by atoms with van der Waals surface area (Å²) in [6.07, 6.45) is 13.0. The number of halogens is 1. The molecule has 4 aromatic heterocycles. The number of rotatable bonds is 18. The van der Waals surface area contributed by atoms with E-state index in [-0.39, 0.29) is 64.8 Å². The van der Waals surface area contributed by atoms with Gasteiger partial charge in [-0.3, -0.25) is 0 Å². The summed E-state index contributed by atoms with van der Waals surface area (Å²) in [5.74, 6) is 2.09. The van der Waals surface area contributed by atoms with E-state index >= 15 is 0 Å². The Morgan fingerprint density at radius 3 is 1.51 bits per heavy atom. The number of nitrogens with two attached hydrogens (primary N) is 1. The summed E-state index contributed by atoms with van der Waals surface area (Å²) in [4.78, 5) is 35.2. The van der Waals surface area contributed by atoms with Gasteiger partial charge in [-0.2, -0.15) is 10.2 Å². The molecule has 0 saturated heterocycles. The van der Waals surface area contributed by atoms with Crippen LogP contribution in [-0.4, -0.2) is 95.9 Å². The topological polar surface area (TPSA) is 268 Å². The van der Waals surface area contributed by atoms with Crippen molar-refractivity contribution in [1.29, 1.82) is 0 Å². The van der Waals surface area contributed by atoms with Gasteiger partial charge in [-0.25, -0.2) is 55.2 Å². The van der Waals surface area contributed by atoms with E-state index in [0.717, 1.165) is 82.8 Å². The van der Waals surface area contributed by atoms with Gasteiger partial charge in [0.05, 0.1) is 54.2 Å². The molecule has 0 bridgehead atoms. The van der Waals surface area contributed by atoms with Crippen molar-refractivity contribution in [2.45, 2.75) is 179 Å². The predicted octanol–water partition coefficient (Wildman–Crippen LogP) is 11.9. The van der Waals surface area contributed by atoms with Crippen LogP contribution in [0.15, 0.2) is 87.6 Å². The lowest BCUT2D eigenvalue weighted by molar-refractivity contribution is 0.108. The number of carbonyl (C=O) groups excluding carboxylic acids is 2. The number of benzene rings is 2. The van der Waals surface area contributed by atoms with E-state index < -0.39 is 20.0 Å². The quantitative estimate of drug-likeness (QED) is 0.0467. The number of alkyl carbamates (subject to hydrolysis) is 2. The lowest BCUT2D eigenvalue weighted by atomic mass is 9.86. The fourth-order valence-electron chi connectivity index (χ4n) is 9.21. The summed E-state index contributed by atoms with van der Waals surface area (Å²) in [5.41, 5.74) is 7.47. The average molecular weight is 1230 g/mol. The summed E-state index contributed by atoms with van der Waals surface area (Å²) < 4.78 is 71.7. The van der Waals surface area contributed by atoms with Gasteiger partial charge in [0.15, 0.2) is 0 Å². The van der Waals surface area contributed by atoms with E-state index in [1.807, 2.05) is 90.4 Å². The minimum absolute atomic E-state index is 0.0934. The van der Waals surface area contributed by atoms with Crippen molar-refractivity contribution in [3.05, 3.63) is 87.8 Å². The number of anilines is 3. The molecule has 2 aliphatic carbocycles. The number of nitrogen functional groups attached to an aromatic ring is 1. The van der Waals surface area contributed by atoms with Gasteiger partial charge in [-0.05, 0) is 137 Å². The average Bonchev–Trinajstić information content (AvgIpc) is 4.28. The Hall–Kier alpha value is -5.44. The minimum Gasteiger partial charge on any atom is -0.447 e. The van der Waals surface area contributed by atoms with Gasteiger partial charge in [0.25, 0.3) is 0 Å². The first-order valence-electron chi connectivity index (χ1n) is 26.9. The van der Waals surface area contributed by atoms with Gasteiger partial charge < -0.3 is 31.2 Å². The third-order valence-electron chi connectivity index (χ3n) is 12.9. The molecule has 0 radical (unpaired) electrons. The van der Waals surface area contributed by atoms with Crippen molar-refractivity contribution < 1.29 is 35.9 Å². The summed E-state index contributed by atoms with van der Waals surface area (Å²) in [7, 11) is -7.35. The standard InChI is InChI=1S/C27H38N6O4S2.C21H28BrN3O4S2.C6H11N3/c1-6-30-39(35,36)24-15-21(31-25-13-14-29-33(25)17(2)3)11-12-22(24)23-16-28-26(38-23)19-7-9-20(10-8-19)32-27(34)37-18(4)5;1-4-24-31(27,28)19-11-15(22)7-10-17(19)18-12-23-20(30-18)14-5-8-16(9-6-14)25-21(26)29-13(2)3;1-5(2)9-6(7)3-4-8-9/h11-20,30-31H,6-10H2,1-5H3,(H,32,34);7,10-14,16,24H,4-6,8-9H2,1-3H3,(H,25,26);3-5H,7H2,1-2H3. The highest BCUT2D eigenvalue weighted by molar-refractivity contribution is 9.10. The first-order chi connectivity index (χ1) is 37.5. The number of hydrogen-bond acceptors (Lipinski definition) is 16. The molecule has 432 valence electrons. The third kappa shape index (κ3) is 17.8. The maximum Gasteiger partial charge on any atom is 0.407 e. The van der Waals surface area contributed by atoms with Crippen LogP contribution in [0.2, 0.25) is 0 Å². The largest absolute Gasteiger partial charge is 0.447 e. The summed E-state index contributed by atoms with van der Waals surface area (Å²) in [6, 6.07) is 15.0. The lowest BCUT2D eigenvalue weighted by Crippen LogP contribution is -2.38. The van der Waals surface area contributed by atoms with Crippen LogP contribution in [0.1, 0.15) is 155 Å². The first-order valence-corrected chi connectivity index (χ1v) is 32.3. The predicted molar refractivity (Wildman–Crippen MR) is 317 cm³/mol. The zero-order valence-electron chi connectivity index (χ0n) is 46.7. The number of aromatic nitrogens is 6. The molecule has 7 N–H and O–H groups in total. The number of nitrogens with one attached hydrogen (secondary N) is 5. The molecule has 2 aliphatic rings. The molecule has 2 saturated carbocycles. The second-order valence-electron chi connectivity index (χ2n) is 20.4. The van der Waals surface area contributed by atoms with Gasteiger partial charge >= 0.3 is 12.2 Å². The molecule has 4 heterocycles. The number of carbonyl (C=O) groups is 2. The number of thiazole rings is 2. The number of hydrogen-bond donors (Lipinski definition) is 6. The molecule has 0 aliphatic heterocycles. The molecule has 0 atom stereocenters. The summed E-state index contributed by atoms with van der Waals surface area (Å²) in [5, 5.41) is 19.6. The molecule has 0 unspecified atom stereocenters. The minimum atomic E-state index is -3.75. The third-order valence-corrected chi connectivity index (χ3v) is 18.9. The summed E-state index contributed by atoms with van der Waals surface area (Å²) in [6.45, 7) is 19.6. The smallest absolute Gasteiger partial charge is 0.407 e. The van der Waals surface area contributed by atoms with Crippen molar-refractivity contribution >= 4 is 88.2 Å². The highest BCUT2D eigenvalue weighted by atomic mass is 79.9. The van der Waals surface area contributed by atoms with Crippen LogP contribution in [-0.2, 0) is 29.5 Å². The van der Waals surface area contributed by atoms with Gasteiger partial charge in [0, 0.05) is 88.8 Å². The van der Waals surface area contributed by atoms with Crippen LogP contribution in [0.3, 0.4) is 0 Å². The number of amides is 2. The molecule has 6 aromatic rings. The number of nitrogens with zero attached hydrogens (tertiary/aromatic N) is 6. The SMILES string of the molecule is CC(C)n1nccc1N.CCNS(=O)(=O)c1cc(Br)ccc1-c1cnc(C2CCC(NC(=O)OC(C)C)CC2)s1.CCNS(=O)(=O)c1cc(Nc2ccnn2C(C)C)ccc1-c1cnc(C2CCC(NC(=O)OC(C)C)CC2)s1. The molecule has 25 heteroatoms. The van der Waals surface area contributed by atoms with Crippen molar-refractivity contribution in [1.82, 2.24) is 49.6 Å². The zero-order valence-corrected chi connectivity index (χ0v) is 51.5. The number of sulfonamides is 2. The van der Waals surface area contributed by atoms with E-state index in [2.05, 4.69) is 61.5 Å². The van der Waals surface area contributed by atoms with Gasteiger partial charge in [0.1, 0.15) is 11.6 Å². The van der Waals surface area contributed by atoms with Gasteiger partial charge in [0.2, 0.25) is 20.0 Å². The Bertz CT molecular complexity index is 3160. The Balaban J connectivity index is 0.000000224. The highest BCUT2D eigenvalue weighted by Crippen LogP contribution is 2.42. The van der Waals surface area contributed by atoms with E-state index in [1.165, 1.54) is 22.7 Å². The Kier molecular flexibility index (Phi) is 22.9. The zero-order chi connectivity index (χ0) is 57.6. The Morgan fingerprint density at radius 2 is 1.09 bits per heavy atom. The molecule has 2 amide bonds. The summed E-state index contributed by atoms with van der Waals surface area (Å²) >= 11 is 6.44. The van der Waals surface area contributed by atoms with Crippen molar-refractivity contribution in [2.75, 3.05) is 24.1 Å². The fraction of sp³-hybridized carbons (Fsp3) is 0.519. The van der Waals surface area contributed by atoms with Crippen LogP contribution in [0.5, 0.6) is 0 Å². The van der Waals surface area contributed by atoms with Crippen LogP contribution >= 0.6 is 38.6 Å². The maximum atomic E-state index is 13.2. The molecule has 20 nitrogen and oxygen atoms in total. The number of ether oxygens (including phenoxy) is 2. The van der Waals surface area contributed by atoms with Crippen LogP contribution in [0.25, 0.3) is 20.9 Å². The maximum absolute atomic E-state index is 13.2. The molecular formula is C54H77BrN12O8S4. The van der Waals surface area contributed by atoms with E-state index in [4.69, 9.17) is 15.2 Å². The molecule has 2 aromatic carbocycles. The Morgan fingerprint density at radius 1 is 0.646 bits per heavy atom. The molecule has 8 rings (SSSR count). The lowest BCUT2D eigenvalue weighted by Gasteiger charge is -2.28. The Labute approximate surface area is 482 Å². The van der Waals surface area contributed by atoms with E-state index in [9.17, 15) is 26.4 Å². The van der Waals surface area contributed by atoms with Crippen LogP contribution in [0, 0.1) is 0 Å². The monoisotopic (exact) mass is 1230 g/mol. The van der Waals surface area contributed by atoms with E-state index in [0.29, 0.717) is 39.8 Å². The molecule has 2 fully saturated rings. The second kappa shape index (κ2) is 28.8. The molecule has 79 heavy (non-hydrogen) atoms. The first kappa shape index (κ1) is 62.8. The van der Waals surface area contributed by atoms with Gasteiger partial charge in [-0.15, -0.1) is 22.7 Å². The fourth-order valence-corrected chi connectivity index (χ4v) is 14.7. The molecule has 0 spiro atoms. The second-order valence-corrected chi connectivity index (χ2v) is 27.0. The van der Waals surface area contributed by atoms with E-state index in [1.54, 1.807) is 61.5 Å². The van der Waals surface area contributed by atoms with Crippen molar-refractivity contribution in [3.8, 4) is 20.9 Å². The van der Waals surface area contributed by atoms with Gasteiger partial charge in [-0.1, -0.05) is 41.9 Å². The highest BCUT2D eigenvalue weighted by Gasteiger charge is 2.30. The van der Waals surface area contributed by atoms with Crippen molar-refractivity contribution in [3.63, 3.8) is 0 Å². The normalized spacial score (nSPS) is 17.7.